The molecule has 1 atom stereocenters. The SMILES string of the molecule is Cc1c[nH]c(C)c1C(O)CC(=O)O. The summed E-state index contributed by atoms with van der Waals surface area (Å²) in [6, 6.07) is 0. The van der Waals surface area contributed by atoms with Crippen LogP contribution in [0.4, 0.5) is 0 Å². The first-order chi connectivity index (χ1) is 6.02. The van der Waals surface area contributed by atoms with E-state index in [2.05, 4.69) is 4.98 Å². The molecular weight excluding hydrogens is 170 g/mol. The summed E-state index contributed by atoms with van der Waals surface area (Å²) in [7, 11) is 0. The van der Waals surface area contributed by atoms with Crippen LogP contribution in [0.3, 0.4) is 0 Å². The molecule has 3 N–H and O–H groups in total. The van der Waals surface area contributed by atoms with Gasteiger partial charge in [0.05, 0.1) is 12.5 Å². The number of carboxylic acid groups (broad SMARTS) is 1. The van der Waals surface area contributed by atoms with E-state index in [-0.39, 0.29) is 6.42 Å². The number of aromatic nitrogens is 1. The number of aliphatic carboxylic acids is 1. The summed E-state index contributed by atoms with van der Waals surface area (Å²) in [5.74, 6) is -0.993. The Balaban J connectivity index is 2.87. The van der Waals surface area contributed by atoms with Gasteiger partial charge in [-0.1, -0.05) is 0 Å². The van der Waals surface area contributed by atoms with Gasteiger partial charge >= 0.3 is 5.97 Å². The molecule has 0 spiro atoms. The summed E-state index contributed by atoms with van der Waals surface area (Å²) in [5.41, 5.74) is 2.42. The minimum absolute atomic E-state index is 0.250. The number of hydrogen-bond donors (Lipinski definition) is 3. The quantitative estimate of drug-likeness (QED) is 0.657. The van der Waals surface area contributed by atoms with Crippen LogP contribution in [0.25, 0.3) is 0 Å². The Morgan fingerprint density at radius 2 is 2.23 bits per heavy atom. The maximum absolute atomic E-state index is 10.4. The second-order valence-electron chi connectivity index (χ2n) is 3.12. The van der Waals surface area contributed by atoms with E-state index >= 15 is 0 Å². The van der Waals surface area contributed by atoms with Gasteiger partial charge in [-0.2, -0.15) is 0 Å². The summed E-state index contributed by atoms with van der Waals surface area (Å²) < 4.78 is 0. The average molecular weight is 183 g/mol. The van der Waals surface area contributed by atoms with Crippen LogP contribution in [-0.2, 0) is 4.79 Å². The van der Waals surface area contributed by atoms with Crippen molar-refractivity contribution >= 4 is 5.97 Å². The zero-order chi connectivity index (χ0) is 10.0. The maximum Gasteiger partial charge on any atom is 0.306 e. The van der Waals surface area contributed by atoms with Crippen LogP contribution in [0.5, 0.6) is 0 Å². The first-order valence-corrected chi connectivity index (χ1v) is 4.06. The molecule has 0 amide bonds. The molecule has 0 saturated carbocycles. The summed E-state index contributed by atoms with van der Waals surface area (Å²) in [6.45, 7) is 3.65. The molecular formula is C9H13NO3. The Morgan fingerprint density at radius 1 is 1.62 bits per heavy atom. The summed E-state index contributed by atoms with van der Waals surface area (Å²) in [6.07, 6.45) is 0.596. The molecule has 0 bridgehead atoms. The Bertz CT molecular complexity index is 297. The number of H-pyrrole nitrogens is 1. The average Bonchev–Trinajstić information content (AvgIpc) is 2.29. The molecule has 1 rings (SSSR count). The van der Waals surface area contributed by atoms with Crippen LogP contribution in [0.2, 0.25) is 0 Å². The summed E-state index contributed by atoms with van der Waals surface area (Å²) >= 11 is 0. The highest BCUT2D eigenvalue weighted by atomic mass is 16.4. The second kappa shape index (κ2) is 3.62. The molecule has 0 aliphatic carbocycles. The lowest BCUT2D eigenvalue weighted by Gasteiger charge is -2.08. The van der Waals surface area contributed by atoms with Crippen LogP contribution >= 0.6 is 0 Å². The van der Waals surface area contributed by atoms with E-state index in [4.69, 9.17) is 5.11 Å². The molecule has 1 aromatic rings. The Morgan fingerprint density at radius 3 is 2.62 bits per heavy atom. The van der Waals surface area contributed by atoms with Gasteiger partial charge in [-0.15, -0.1) is 0 Å². The molecule has 1 aromatic heterocycles. The van der Waals surface area contributed by atoms with E-state index in [0.717, 1.165) is 11.3 Å². The lowest BCUT2D eigenvalue weighted by molar-refractivity contribution is -0.139. The van der Waals surface area contributed by atoms with E-state index in [1.54, 1.807) is 6.20 Å². The van der Waals surface area contributed by atoms with Gasteiger partial charge in [-0.3, -0.25) is 4.79 Å². The number of hydrogen-bond acceptors (Lipinski definition) is 2. The van der Waals surface area contributed by atoms with Crippen molar-refractivity contribution in [3.63, 3.8) is 0 Å². The monoisotopic (exact) mass is 183 g/mol. The zero-order valence-corrected chi connectivity index (χ0v) is 7.66. The molecule has 0 fully saturated rings. The molecule has 13 heavy (non-hydrogen) atoms. The Labute approximate surface area is 76.2 Å². The number of aliphatic hydroxyl groups is 1. The molecule has 0 radical (unpaired) electrons. The first kappa shape index (κ1) is 9.80. The van der Waals surface area contributed by atoms with Gasteiger partial charge in [0.15, 0.2) is 0 Å². The number of carboxylic acids is 1. The minimum Gasteiger partial charge on any atom is -0.481 e. The van der Waals surface area contributed by atoms with E-state index < -0.39 is 12.1 Å². The van der Waals surface area contributed by atoms with Crippen LogP contribution in [0.15, 0.2) is 6.20 Å². The van der Waals surface area contributed by atoms with Crippen molar-refractivity contribution in [1.82, 2.24) is 4.98 Å². The van der Waals surface area contributed by atoms with Crippen LogP contribution in [0, 0.1) is 13.8 Å². The van der Waals surface area contributed by atoms with Gasteiger partial charge in [-0.25, -0.2) is 0 Å². The van der Waals surface area contributed by atoms with Crippen molar-refractivity contribution < 1.29 is 15.0 Å². The van der Waals surface area contributed by atoms with Crippen LogP contribution < -0.4 is 0 Å². The smallest absolute Gasteiger partial charge is 0.306 e. The molecule has 0 aromatic carbocycles. The van der Waals surface area contributed by atoms with Crippen molar-refractivity contribution in [2.45, 2.75) is 26.4 Å². The maximum atomic E-state index is 10.4. The number of aryl methyl sites for hydroxylation is 2. The third kappa shape index (κ3) is 2.09. The molecule has 0 saturated heterocycles. The van der Waals surface area contributed by atoms with Crippen LogP contribution in [-0.4, -0.2) is 21.2 Å². The van der Waals surface area contributed by atoms with Gasteiger partial charge in [-0.05, 0) is 19.4 Å². The predicted molar refractivity (Wildman–Crippen MR) is 47.5 cm³/mol. The Hall–Kier alpha value is -1.29. The van der Waals surface area contributed by atoms with E-state index in [1.165, 1.54) is 0 Å². The third-order valence-electron chi connectivity index (χ3n) is 2.04. The fourth-order valence-corrected chi connectivity index (χ4v) is 1.45. The second-order valence-corrected chi connectivity index (χ2v) is 3.12. The van der Waals surface area contributed by atoms with Crippen molar-refractivity contribution in [1.29, 1.82) is 0 Å². The molecule has 4 nitrogen and oxygen atoms in total. The highest BCUT2D eigenvalue weighted by Gasteiger charge is 2.17. The third-order valence-corrected chi connectivity index (χ3v) is 2.04. The van der Waals surface area contributed by atoms with Crippen molar-refractivity contribution in [2.75, 3.05) is 0 Å². The van der Waals surface area contributed by atoms with Gasteiger partial charge in [0.2, 0.25) is 0 Å². The molecule has 0 aliphatic heterocycles. The molecule has 1 heterocycles. The van der Waals surface area contributed by atoms with Crippen LogP contribution in [0.1, 0.15) is 29.3 Å². The fraction of sp³-hybridized carbons (Fsp3) is 0.444. The van der Waals surface area contributed by atoms with Crippen molar-refractivity contribution in [3.05, 3.63) is 23.0 Å². The van der Waals surface area contributed by atoms with Gasteiger partial charge in [0.25, 0.3) is 0 Å². The molecule has 72 valence electrons. The van der Waals surface area contributed by atoms with E-state index in [1.807, 2.05) is 13.8 Å². The standard InChI is InChI=1S/C9H13NO3/c1-5-4-10-6(2)9(5)7(11)3-8(12)13/h4,7,10-11H,3H2,1-2H3,(H,12,13). The van der Waals surface area contributed by atoms with Crippen molar-refractivity contribution in [2.24, 2.45) is 0 Å². The molecule has 4 heteroatoms. The van der Waals surface area contributed by atoms with Gasteiger partial charge in [0, 0.05) is 17.5 Å². The number of aliphatic hydroxyl groups excluding tert-OH is 1. The highest BCUT2D eigenvalue weighted by Crippen LogP contribution is 2.23. The number of aromatic amines is 1. The van der Waals surface area contributed by atoms with Crippen molar-refractivity contribution in [3.8, 4) is 0 Å². The molecule has 0 aliphatic rings. The topological polar surface area (TPSA) is 73.3 Å². The lowest BCUT2D eigenvalue weighted by atomic mass is 10.0. The number of rotatable bonds is 3. The minimum atomic E-state index is -0.993. The Kier molecular flexibility index (Phi) is 2.72. The van der Waals surface area contributed by atoms with E-state index in [9.17, 15) is 9.90 Å². The zero-order valence-electron chi connectivity index (χ0n) is 7.66. The number of nitrogens with one attached hydrogen (secondary N) is 1. The predicted octanol–water partition coefficient (Wildman–Crippen LogP) is 1.14. The summed E-state index contributed by atoms with van der Waals surface area (Å²) in [4.78, 5) is 13.3. The normalized spacial score (nSPS) is 12.8. The van der Waals surface area contributed by atoms with E-state index in [0.29, 0.717) is 5.56 Å². The first-order valence-electron chi connectivity index (χ1n) is 4.06. The highest BCUT2D eigenvalue weighted by molar-refractivity contribution is 5.67. The largest absolute Gasteiger partial charge is 0.481 e. The number of carbonyl (C=O) groups is 1. The lowest BCUT2D eigenvalue weighted by Crippen LogP contribution is -2.06. The van der Waals surface area contributed by atoms with Gasteiger partial charge in [0.1, 0.15) is 0 Å². The molecule has 1 unspecified atom stereocenters. The fourth-order valence-electron chi connectivity index (χ4n) is 1.45. The summed E-state index contributed by atoms with van der Waals surface area (Å²) in [5, 5.41) is 18.0. The van der Waals surface area contributed by atoms with Gasteiger partial charge < -0.3 is 15.2 Å².